The van der Waals surface area contributed by atoms with Crippen molar-refractivity contribution in [2.75, 3.05) is 31.3 Å². The lowest BCUT2D eigenvalue weighted by atomic mass is 9.48. The van der Waals surface area contributed by atoms with Crippen LogP contribution >= 0.6 is 23.8 Å². The normalized spacial score (nSPS) is 36.2. The number of thioether (sulfide) groups is 1. The van der Waals surface area contributed by atoms with Gasteiger partial charge >= 0.3 is 17.2 Å². The molecule has 0 radical (unpaired) electrons. The van der Waals surface area contributed by atoms with Crippen LogP contribution in [0.2, 0.25) is 0 Å². The molecule has 4 aliphatic carbocycles. The van der Waals surface area contributed by atoms with Crippen LogP contribution in [0.4, 0.5) is 8.78 Å². The molecule has 0 spiro atoms. The van der Waals surface area contributed by atoms with E-state index in [1.165, 1.54) is 0 Å². The number of hydrogen-bond donors (Lipinski definition) is 1. The van der Waals surface area contributed by atoms with Crippen molar-refractivity contribution >= 4 is 35.7 Å². The fourth-order valence-electron chi connectivity index (χ4n) is 6.02. The van der Waals surface area contributed by atoms with E-state index in [2.05, 4.69) is 9.37 Å². The Morgan fingerprint density at radius 3 is 2.62 bits per heavy atom. The summed E-state index contributed by atoms with van der Waals surface area (Å²) < 4.78 is 52.9. The second-order valence-electron chi connectivity index (χ2n) is 9.12. The van der Waals surface area contributed by atoms with Crippen LogP contribution in [0.5, 0.6) is 0 Å². The second-order valence-corrected chi connectivity index (χ2v) is 11.1. The van der Waals surface area contributed by atoms with Crippen molar-refractivity contribution in [1.29, 1.82) is 0 Å². The molecule has 1 N–H and O–H groups in total. The van der Waals surface area contributed by atoms with Gasteiger partial charge in [0.25, 0.3) is 0 Å². The van der Waals surface area contributed by atoms with Gasteiger partial charge in [0.2, 0.25) is 6.29 Å². The molecule has 3 unspecified atom stereocenters. The molecular weight excluding hydrogens is 474 g/mol. The Morgan fingerprint density at radius 1 is 1.22 bits per heavy atom. The number of carbonyl (C=O) groups is 2. The Labute approximate surface area is 192 Å². The molecule has 13 heteroatoms. The summed E-state index contributed by atoms with van der Waals surface area (Å²) in [5.41, 5.74) is -1.02. The number of ether oxygens (including phenoxy) is 4. The monoisotopic (exact) mass is 500 g/mol. The predicted octanol–water partition coefficient (Wildman–Crippen LogP) is 3.18. The molecule has 32 heavy (non-hydrogen) atoms. The minimum atomic E-state index is -4.03. The van der Waals surface area contributed by atoms with Gasteiger partial charge in [-0.2, -0.15) is 20.5 Å². The van der Waals surface area contributed by atoms with Crippen LogP contribution in [0.1, 0.15) is 38.5 Å². The van der Waals surface area contributed by atoms with Gasteiger partial charge in [-0.05, 0) is 50.4 Å². The van der Waals surface area contributed by atoms with Gasteiger partial charge in [0, 0.05) is 11.2 Å². The summed E-state index contributed by atoms with van der Waals surface area (Å²) in [6.45, 7) is 0.166. The van der Waals surface area contributed by atoms with Crippen molar-refractivity contribution in [3.05, 3.63) is 0 Å². The molecule has 5 fully saturated rings. The van der Waals surface area contributed by atoms with Crippen LogP contribution in [0.3, 0.4) is 0 Å². The molecule has 0 aromatic carbocycles. The molecule has 3 atom stereocenters. The summed E-state index contributed by atoms with van der Waals surface area (Å²) in [6.07, 6.45) is 4.07. The zero-order valence-corrected chi connectivity index (χ0v) is 18.9. The van der Waals surface area contributed by atoms with Crippen LogP contribution in [-0.4, -0.2) is 65.7 Å². The second kappa shape index (κ2) is 9.88. The highest BCUT2D eigenvalue weighted by Crippen LogP contribution is 2.63. The first-order valence-corrected chi connectivity index (χ1v) is 12.4. The maximum Gasteiger partial charge on any atom is 0.415 e. The standard InChI is InChI=1S/C19H26F2O9S2/c20-19(21,32-30-29-24)16(23)26-11-17-4-12-3-13(5-17)7-18(6-12,10-17)27-8-14(22)28-15-9-31-2-1-25-15/h12-13,15,24H,1-11H2. The third-order valence-corrected chi connectivity index (χ3v) is 8.06. The molecule has 1 aliphatic heterocycles. The van der Waals surface area contributed by atoms with Gasteiger partial charge in [0.15, 0.2) is 0 Å². The molecular formula is C19H26F2O9S2. The summed E-state index contributed by atoms with van der Waals surface area (Å²) in [6, 6.07) is 0. The van der Waals surface area contributed by atoms with Crippen LogP contribution < -0.4 is 0 Å². The maximum atomic E-state index is 13.7. The Morgan fingerprint density at radius 2 is 1.97 bits per heavy atom. The predicted molar refractivity (Wildman–Crippen MR) is 107 cm³/mol. The zero-order valence-electron chi connectivity index (χ0n) is 17.3. The lowest BCUT2D eigenvalue weighted by Gasteiger charge is -2.61. The Bertz CT molecular complexity index is 690. The summed E-state index contributed by atoms with van der Waals surface area (Å²) in [5.74, 6) is -0.144. The summed E-state index contributed by atoms with van der Waals surface area (Å²) in [5, 5.41) is 7.12. The Kier molecular flexibility index (Phi) is 7.54. The first-order chi connectivity index (χ1) is 15.2. The van der Waals surface area contributed by atoms with Crippen LogP contribution in [0.25, 0.3) is 0 Å². The van der Waals surface area contributed by atoms with E-state index in [1.54, 1.807) is 11.8 Å². The number of esters is 2. The minimum absolute atomic E-state index is 0.169. The maximum absolute atomic E-state index is 13.7. The third-order valence-electron chi connectivity index (χ3n) is 6.59. The first kappa shape index (κ1) is 24.4. The fraction of sp³-hybridized carbons (Fsp3) is 0.895. The van der Waals surface area contributed by atoms with Gasteiger partial charge in [0.05, 0.1) is 24.6 Å². The SMILES string of the molecule is O=C(COC12CC3CC(CC(COC(=O)C(F)(F)SOOO)(C3)C1)C2)OC1CSCCO1. The van der Waals surface area contributed by atoms with E-state index in [0.717, 1.165) is 37.9 Å². The Balaban J connectivity index is 1.33. The van der Waals surface area contributed by atoms with Crippen molar-refractivity contribution < 1.29 is 51.9 Å². The molecule has 5 aliphatic rings. The van der Waals surface area contributed by atoms with Crippen molar-refractivity contribution in [3.8, 4) is 0 Å². The average molecular weight is 501 g/mol. The van der Waals surface area contributed by atoms with E-state index < -0.39 is 46.5 Å². The minimum Gasteiger partial charge on any atom is -0.460 e. The summed E-state index contributed by atoms with van der Waals surface area (Å²) >= 11 is 1.02. The number of rotatable bonds is 10. The summed E-state index contributed by atoms with van der Waals surface area (Å²) in [4.78, 5) is 24.1. The van der Waals surface area contributed by atoms with Crippen molar-refractivity contribution in [2.24, 2.45) is 17.3 Å². The smallest absolute Gasteiger partial charge is 0.415 e. The molecule has 4 saturated carbocycles. The quantitative estimate of drug-likeness (QED) is 0.207. The zero-order chi connectivity index (χ0) is 22.8. The van der Waals surface area contributed by atoms with Gasteiger partial charge in [-0.15, -0.1) is 4.33 Å². The van der Waals surface area contributed by atoms with E-state index in [4.69, 9.17) is 24.2 Å². The molecule has 4 bridgehead atoms. The van der Waals surface area contributed by atoms with Gasteiger partial charge in [0.1, 0.15) is 18.6 Å². The summed E-state index contributed by atoms with van der Waals surface area (Å²) in [7, 11) is 0. The highest BCUT2D eigenvalue weighted by molar-refractivity contribution is 7.99. The molecule has 182 valence electrons. The van der Waals surface area contributed by atoms with E-state index in [-0.39, 0.29) is 13.2 Å². The van der Waals surface area contributed by atoms with E-state index in [1.807, 2.05) is 0 Å². The fourth-order valence-corrected chi connectivity index (χ4v) is 7.00. The average Bonchev–Trinajstić information content (AvgIpc) is 2.74. The van der Waals surface area contributed by atoms with Gasteiger partial charge in [-0.25, -0.2) is 14.8 Å². The highest BCUT2D eigenvalue weighted by Gasteiger charge is 2.59. The van der Waals surface area contributed by atoms with Crippen LogP contribution in [0.15, 0.2) is 0 Å². The molecule has 5 rings (SSSR count). The number of hydrogen-bond acceptors (Lipinski definition) is 11. The van der Waals surface area contributed by atoms with Gasteiger partial charge in [-0.1, -0.05) is 5.04 Å². The van der Waals surface area contributed by atoms with Crippen molar-refractivity contribution in [3.63, 3.8) is 0 Å². The third kappa shape index (κ3) is 5.68. The Hall–Kier alpha value is -0.700. The first-order valence-electron chi connectivity index (χ1n) is 10.5. The molecule has 1 saturated heterocycles. The molecule has 9 nitrogen and oxygen atoms in total. The van der Waals surface area contributed by atoms with Crippen molar-refractivity contribution in [1.82, 2.24) is 0 Å². The topological polar surface area (TPSA) is 110 Å². The van der Waals surface area contributed by atoms with Gasteiger partial charge in [-0.3, -0.25) is 0 Å². The van der Waals surface area contributed by atoms with Crippen molar-refractivity contribution in [2.45, 2.75) is 55.7 Å². The molecule has 1 heterocycles. The lowest BCUT2D eigenvalue weighted by Crippen LogP contribution is -2.58. The van der Waals surface area contributed by atoms with E-state index in [0.29, 0.717) is 30.6 Å². The van der Waals surface area contributed by atoms with Crippen LogP contribution in [-0.2, 0) is 37.9 Å². The van der Waals surface area contributed by atoms with E-state index >= 15 is 0 Å². The highest BCUT2D eigenvalue weighted by atomic mass is 32.2. The van der Waals surface area contributed by atoms with Crippen LogP contribution in [0, 0.1) is 17.3 Å². The molecule has 0 aromatic heterocycles. The number of carbonyl (C=O) groups excluding carboxylic acids is 2. The number of alkyl halides is 2. The number of halogens is 2. The largest absolute Gasteiger partial charge is 0.460 e. The lowest BCUT2D eigenvalue weighted by molar-refractivity contribution is -0.433. The van der Waals surface area contributed by atoms with E-state index in [9.17, 15) is 18.4 Å². The molecule has 0 amide bonds. The van der Waals surface area contributed by atoms with Gasteiger partial charge < -0.3 is 18.9 Å². The molecule has 0 aromatic rings.